The molecule has 0 unspecified atom stereocenters. The van der Waals surface area contributed by atoms with Crippen LogP contribution in [0.2, 0.25) is 0 Å². The van der Waals surface area contributed by atoms with Crippen LogP contribution in [0, 0.1) is 20.8 Å². The van der Waals surface area contributed by atoms with Crippen molar-refractivity contribution in [3.05, 3.63) is 69.1 Å². The molecular formula is C19H19N3O4S. The highest BCUT2D eigenvalue weighted by Gasteiger charge is 2.15. The van der Waals surface area contributed by atoms with E-state index in [1.165, 1.54) is 0 Å². The van der Waals surface area contributed by atoms with Gasteiger partial charge in [-0.15, -0.1) is 11.3 Å². The number of carbonyl (C=O) groups is 2. The molecule has 0 spiro atoms. The van der Waals surface area contributed by atoms with Gasteiger partial charge in [0.2, 0.25) is 0 Å². The summed E-state index contributed by atoms with van der Waals surface area (Å²) in [6.45, 7) is 5.69. The second-order valence-corrected chi connectivity index (χ2v) is 6.97. The highest BCUT2D eigenvalue weighted by atomic mass is 32.1. The number of hydrogen-bond donors (Lipinski definition) is 2. The van der Waals surface area contributed by atoms with Crippen LogP contribution in [0.3, 0.4) is 0 Å². The molecule has 2 heterocycles. The molecule has 0 aliphatic rings. The lowest BCUT2D eigenvalue weighted by atomic mass is 10.2. The SMILES string of the molecule is Cc1cc(C(=O)NNC(=O)c2cccc(OCc3csc(C)n3)c2)c(C)o1. The number of aromatic nitrogens is 1. The van der Waals surface area contributed by atoms with Gasteiger partial charge in [0.1, 0.15) is 23.9 Å². The molecule has 8 heteroatoms. The molecule has 3 rings (SSSR count). The third-order valence-electron chi connectivity index (χ3n) is 3.72. The number of benzene rings is 1. The molecule has 0 aliphatic carbocycles. The predicted molar refractivity (Wildman–Crippen MR) is 101 cm³/mol. The van der Waals surface area contributed by atoms with Gasteiger partial charge >= 0.3 is 0 Å². The smallest absolute Gasteiger partial charge is 0.273 e. The third kappa shape index (κ3) is 4.73. The predicted octanol–water partition coefficient (Wildman–Crippen LogP) is 3.32. The Labute approximate surface area is 160 Å². The maximum atomic E-state index is 12.3. The summed E-state index contributed by atoms with van der Waals surface area (Å²) in [7, 11) is 0. The van der Waals surface area contributed by atoms with Gasteiger partial charge < -0.3 is 9.15 Å². The summed E-state index contributed by atoms with van der Waals surface area (Å²) in [5.41, 5.74) is 6.35. The van der Waals surface area contributed by atoms with Gasteiger partial charge in [-0.2, -0.15) is 0 Å². The van der Waals surface area contributed by atoms with Crippen molar-refractivity contribution in [1.82, 2.24) is 15.8 Å². The second-order valence-electron chi connectivity index (χ2n) is 5.91. The van der Waals surface area contributed by atoms with Crippen LogP contribution in [0.25, 0.3) is 0 Å². The van der Waals surface area contributed by atoms with Crippen molar-refractivity contribution >= 4 is 23.2 Å². The van der Waals surface area contributed by atoms with Gasteiger partial charge in [-0.25, -0.2) is 4.98 Å². The Bertz CT molecular complexity index is 977. The lowest BCUT2D eigenvalue weighted by Gasteiger charge is -2.09. The zero-order chi connectivity index (χ0) is 19.4. The fourth-order valence-corrected chi connectivity index (χ4v) is 3.07. The van der Waals surface area contributed by atoms with Gasteiger partial charge in [0, 0.05) is 10.9 Å². The Morgan fingerprint density at radius 3 is 2.59 bits per heavy atom. The zero-order valence-electron chi connectivity index (χ0n) is 15.2. The fraction of sp³-hybridized carbons (Fsp3) is 0.211. The van der Waals surface area contributed by atoms with Gasteiger partial charge in [0.05, 0.1) is 16.3 Å². The molecule has 0 atom stereocenters. The molecule has 2 aromatic heterocycles. The van der Waals surface area contributed by atoms with Crippen LogP contribution in [0.15, 0.2) is 40.1 Å². The van der Waals surface area contributed by atoms with Gasteiger partial charge in [-0.1, -0.05) is 6.07 Å². The van der Waals surface area contributed by atoms with Gasteiger partial charge in [-0.3, -0.25) is 20.4 Å². The van der Waals surface area contributed by atoms with Crippen molar-refractivity contribution < 1.29 is 18.7 Å². The number of ether oxygens (including phenoxy) is 1. The maximum Gasteiger partial charge on any atom is 0.273 e. The highest BCUT2D eigenvalue weighted by Crippen LogP contribution is 2.16. The zero-order valence-corrected chi connectivity index (χ0v) is 16.0. The van der Waals surface area contributed by atoms with Crippen LogP contribution in [0.5, 0.6) is 5.75 Å². The standard InChI is InChI=1S/C19H19N3O4S/c1-11-7-17(12(2)26-11)19(24)22-21-18(23)14-5-4-6-16(8-14)25-9-15-10-27-13(3)20-15/h4-8,10H,9H2,1-3H3,(H,21,23)(H,22,24). The number of hydrogen-bond acceptors (Lipinski definition) is 6. The number of nitrogens with one attached hydrogen (secondary N) is 2. The molecule has 3 aromatic rings. The molecule has 1 aromatic carbocycles. The van der Waals surface area contributed by atoms with E-state index >= 15 is 0 Å². The number of nitrogens with zero attached hydrogens (tertiary/aromatic N) is 1. The Hall–Kier alpha value is -3.13. The molecule has 0 radical (unpaired) electrons. The summed E-state index contributed by atoms with van der Waals surface area (Å²) < 4.78 is 11.0. The summed E-state index contributed by atoms with van der Waals surface area (Å²) in [4.78, 5) is 28.7. The first-order chi connectivity index (χ1) is 12.9. The average molecular weight is 385 g/mol. The summed E-state index contributed by atoms with van der Waals surface area (Å²) in [6, 6.07) is 8.32. The molecule has 140 valence electrons. The lowest BCUT2D eigenvalue weighted by Crippen LogP contribution is -2.41. The van der Waals surface area contributed by atoms with Gasteiger partial charge in [0.25, 0.3) is 11.8 Å². The number of furan rings is 1. The van der Waals surface area contributed by atoms with Crippen LogP contribution < -0.4 is 15.6 Å². The largest absolute Gasteiger partial charge is 0.487 e. The quantitative estimate of drug-likeness (QED) is 0.657. The first kappa shape index (κ1) is 18.7. The Balaban J connectivity index is 1.58. The summed E-state index contributed by atoms with van der Waals surface area (Å²) >= 11 is 1.56. The van der Waals surface area contributed by atoms with E-state index in [-0.39, 0.29) is 0 Å². The Morgan fingerprint density at radius 2 is 1.93 bits per heavy atom. The fourth-order valence-electron chi connectivity index (χ4n) is 2.47. The van der Waals surface area contributed by atoms with Crippen LogP contribution >= 0.6 is 11.3 Å². The molecule has 7 nitrogen and oxygen atoms in total. The average Bonchev–Trinajstić information content (AvgIpc) is 3.22. The van der Waals surface area contributed by atoms with Crippen LogP contribution in [-0.2, 0) is 6.61 Å². The van der Waals surface area contributed by atoms with Crippen molar-refractivity contribution in [1.29, 1.82) is 0 Å². The van der Waals surface area contributed by atoms with E-state index in [0.717, 1.165) is 10.7 Å². The molecule has 2 N–H and O–H groups in total. The van der Waals surface area contributed by atoms with Crippen LogP contribution in [0.4, 0.5) is 0 Å². The molecular weight excluding hydrogens is 366 g/mol. The maximum absolute atomic E-state index is 12.3. The molecule has 0 bridgehead atoms. The first-order valence-corrected chi connectivity index (χ1v) is 9.12. The highest BCUT2D eigenvalue weighted by molar-refractivity contribution is 7.09. The third-order valence-corrected chi connectivity index (χ3v) is 4.55. The lowest BCUT2D eigenvalue weighted by molar-refractivity contribution is 0.0845. The Kier molecular flexibility index (Phi) is 5.56. The molecule has 0 aliphatic heterocycles. The second kappa shape index (κ2) is 8.05. The molecule has 0 saturated carbocycles. The number of aryl methyl sites for hydroxylation is 3. The molecule has 2 amide bonds. The monoisotopic (exact) mass is 385 g/mol. The van der Waals surface area contributed by atoms with Crippen LogP contribution in [0.1, 0.15) is 42.9 Å². The molecule has 0 saturated heterocycles. The molecule has 27 heavy (non-hydrogen) atoms. The number of carbonyl (C=O) groups excluding carboxylic acids is 2. The first-order valence-electron chi connectivity index (χ1n) is 8.24. The summed E-state index contributed by atoms with van der Waals surface area (Å²) in [6.07, 6.45) is 0. The molecule has 0 fully saturated rings. The van der Waals surface area contributed by atoms with Crippen molar-refractivity contribution in [2.75, 3.05) is 0 Å². The number of thiazole rings is 1. The number of hydrazine groups is 1. The van der Waals surface area contributed by atoms with Crippen molar-refractivity contribution in [3.8, 4) is 5.75 Å². The van der Waals surface area contributed by atoms with E-state index < -0.39 is 11.8 Å². The van der Waals surface area contributed by atoms with E-state index in [0.29, 0.717) is 35.0 Å². The van der Waals surface area contributed by atoms with E-state index in [1.807, 2.05) is 12.3 Å². The van der Waals surface area contributed by atoms with Crippen molar-refractivity contribution in [2.24, 2.45) is 0 Å². The van der Waals surface area contributed by atoms with E-state index in [1.54, 1.807) is 55.5 Å². The van der Waals surface area contributed by atoms with Crippen molar-refractivity contribution in [2.45, 2.75) is 27.4 Å². The topological polar surface area (TPSA) is 93.5 Å². The van der Waals surface area contributed by atoms with Gasteiger partial charge in [0.15, 0.2) is 0 Å². The minimum atomic E-state index is -0.448. The minimum Gasteiger partial charge on any atom is -0.487 e. The normalized spacial score (nSPS) is 10.5. The van der Waals surface area contributed by atoms with Crippen molar-refractivity contribution in [3.63, 3.8) is 0 Å². The van der Waals surface area contributed by atoms with E-state index in [9.17, 15) is 9.59 Å². The van der Waals surface area contributed by atoms with E-state index in [4.69, 9.17) is 9.15 Å². The van der Waals surface area contributed by atoms with Crippen LogP contribution in [-0.4, -0.2) is 16.8 Å². The van der Waals surface area contributed by atoms with E-state index in [2.05, 4.69) is 15.8 Å². The number of amides is 2. The summed E-state index contributed by atoms with van der Waals surface area (Å²) in [5, 5.41) is 2.90. The van der Waals surface area contributed by atoms with Gasteiger partial charge in [-0.05, 0) is 45.0 Å². The summed E-state index contributed by atoms with van der Waals surface area (Å²) in [5.74, 6) is 0.775. The minimum absolute atomic E-state index is 0.325. The number of rotatable bonds is 5. The Morgan fingerprint density at radius 1 is 1.15 bits per heavy atom.